The van der Waals surface area contributed by atoms with E-state index in [1.165, 1.54) is 6.20 Å². The number of nitrogens with two attached hydrogens (primary N) is 1. The molecule has 0 spiro atoms. The zero-order valence-corrected chi connectivity index (χ0v) is 22.0. The number of piperidine rings is 1. The first-order valence-corrected chi connectivity index (χ1v) is 13.5. The molecule has 0 amide bonds. The maximum Gasteiger partial charge on any atom is 0.573 e. The highest BCUT2D eigenvalue weighted by Crippen LogP contribution is 2.59. The lowest BCUT2D eigenvalue weighted by Crippen LogP contribution is -2.19. The smallest absolute Gasteiger partial charge is 0.402 e. The number of aromatic nitrogens is 2. The highest BCUT2D eigenvalue weighted by molar-refractivity contribution is 5.91. The van der Waals surface area contributed by atoms with Gasteiger partial charge in [0.1, 0.15) is 5.69 Å². The molecule has 7 nitrogen and oxygen atoms in total. The van der Waals surface area contributed by atoms with Crippen molar-refractivity contribution in [3.05, 3.63) is 41.2 Å². The summed E-state index contributed by atoms with van der Waals surface area (Å²) in [7, 11) is 1.65. The van der Waals surface area contributed by atoms with Gasteiger partial charge in [0.15, 0.2) is 17.4 Å². The van der Waals surface area contributed by atoms with Gasteiger partial charge >= 0.3 is 6.36 Å². The van der Waals surface area contributed by atoms with E-state index in [0.29, 0.717) is 36.5 Å². The molecule has 3 heterocycles. The minimum atomic E-state index is -5.20. The number of hydrogen-bond donors (Lipinski definition) is 2. The summed E-state index contributed by atoms with van der Waals surface area (Å²) >= 11 is 0. The lowest BCUT2D eigenvalue weighted by atomic mass is 10.0. The molecule has 6 rings (SSSR count). The quantitative estimate of drug-likeness (QED) is 0.177. The summed E-state index contributed by atoms with van der Waals surface area (Å²) in [6, 6.07) is 1.79. The predicted octanol–water partition coefficient (Wildman–Crippen LogP) is 5.67. The number of anilines is 1. The Labute approximate surface area is 227 Å². The molecule has 1 aromatic carbocycles. The van der Waals surface area contributed by atoms with Gasteiger partial charge in [-0.05, 0) is 68.2 Å². The molecule has 1 saturated heterocycles. The van der Waals surface area contributed by atoms with Crippen LogP contribution in [0, 0.1) is 23.5 Å². The van der Waals surface area contributed by atoms with E-state index in [-0.39, 0.29) is 29.8 Å². The van der Waals surface area contributed by atoms with Crippen molar-refractivity contribution in [1.82, 2.24) is 14.9 Å². The van der Waals surface area contributed by atoms with Crippen molar-refractivity contribution >= 4 is 16.6 Å². The molecule has 2 aliphatic carbocycles. The number of nitrogens with zero attached hydrogens (tertiary/aromatic N) is 2. The number of methoxy groups -OCH3 is 1. The third-order valence-electron chi connectivity index (χ3n) is 8.13. The third-order valence-corrected chi connectivity index (χ3v) is 8.13. The largest absolute Gasteiger partial charge is 0.573 e. The van der Waals surface area contributed by atoms with Crippen LogP contribution in [0.5, 0.6) is 5.75 Å². The summed E-state index contributed by atoms with van der Waals surface area (Å²) in [6.45, 7) is 3.18. The van der Waals surface area contributed by atoms with Gasteiger partial charge in [-0.1, -0.05) is 0 Å². The number of fused-ring (bicyclic) bond motifs is 2. The maximum atomic E-state index is 16.5. The lowest BCUT2D eigenvalue weighted by molar-refractivity contribution is -0.275. The van der Waals surface area contributed by atoms with Gasteiger partial charge in [-0.3, -0.25) is 4.98 Å². The van der Waals surface area contributed by atoms with Gasteiger partial charge < -0.3 is 29.8 Å². The van der Waals surface area contributed by atoms with Crippen molar-refractivity contribution in [3.8, 4) is 17.0 Å². The molecule has 0 bridgehead atoms. The van der Waals surface area contributed by atoms with Gasteiger partial charge in [-0.15, -0.1) is 13.2 Å². The molecule has 0 radical (unpaired) electrons. The fourth-order valence-corrected chi connectivity index (χ4v) is 6.25. The minimum Gasteiger partial charge on any atom is -0.402 e. The van der Waals surface area contributed by atoms with E-state index < -0.39 is 35.0 Å². The standard InChI is InChI=1S/C28H31F5N4O3/c1-38-6-2-3-7-39-13-21-23(22-17-10-35-11-18(17)22)19-12-36-25(24(30)26(19)37(21)15-4-5-15)16-8-14(34)9-20(29)27(16)40-28(31,32)33/h8-9,12,15,17-18,22,35H,2-7,10-11,13,34H2,1H3. The summed E-state index contributed by atoms with van der Waals surface area (Å²) in [4.78, 5) is 4.25. The third kappa shape index (κ3) is 5.01. The Morgan fingerprint density at radius 3 is 2.50 bits per heavy atom. The Kier molecular flexibility index (Phi) is 7.12. The molecule has 2 saturated carbocycles. The molecule has 3 aliphatic rings. The van der Waals surface area contributed by atoms with E-state index in [4.69, 9.17) is 15.2 Å². The maximum absolute atomic E-state index is 16.5. The number of hydrogen-bond acceptors (Lipinski definition) is 6. The number of pyridine rings is 1. The topological polar surface area (TPSA) is 83.6 Å². The highest BCUT2D eigenvalue weighted by Gasteiger charge is 2.55. The molecular formula is C28H31F5N4O3. The molecule has 3 N–H and O–H groups in total. The van der Waals surface area contributed by atoms with Crippen molar-refractivity contribution in [2.24, 2.45) is 11.8 Å². The first-order chi connectivity index (χ1) is 19.2. The minimum absolute atomic E-state index is 0.0354. The summed E-state index contributed by atoms with van der Waals surface area (Å²) < 4.78 is 87.8. The molecule has 40 heavy (non-hydrogen) atoms. The number of alkyl halides is 3. The van der Waals surface area contributed by atoms with E-state index in [2.05, 4.69) is 15.0 Å². The number of nitrogens with one attached hydrogen (secondary N) is 1. The highest BCUT2D eigenvalue weighted by atomic mass is 19.4. The van der Waals surface area contributed by atoms with Crippen LogP contribution in [0.1, 0.15) is 48.9 Å². The average Bonchev–Trinajstić information content (AvgIpc) is 3.77. The van der Waals surface area contributed by atoms with E-state index in [0.717, 1.165) is 56.1 Å². The SMILES string of the molecule is COCCCCOCc1c(C2C3CNCC32)c2cnc(-c3cc(N)cc(F)c3OC(F)(F)F)c(F)c2n1C1CC1. The van der Waals surface area contributed by atoms with Gasteiger partial charge in [0.25, 0.3) is 0 Å². The van der Waals surface area contributed by atoms with E-state index in [1.54, 1.807) is 7.11 Å². The fourth-order valence-electron chi connectivity index (χ4n) is 6.25. The van der Waals surface area contributed by atoms with E-state index >= 15 is 4.39 Å². The Hall–Kier alpha value is -2.96. The van der Waals surface area contributed by atoms with Crippen LogP contribution >= 0.6 is 0 Å². The number of rotatable bonds is 11. The molecule has 3 aromatic rings. The van der Waals surface area contributed by atoms with Crippen molar-refractivity contribution < 1.29 is 36.2 Å². The van der Waals surface area contributed by atoms with Crippen molar-refractivity contribution in [2.45, 2.75) is 50.6 Å². The first-order valence-electron chi connectivity index (χ1n) is 13.5. The summed E-state index contributed by atoms with van der Waals surface area (Å²) in [5.74, 6) is -2.28. The molecule has 216 valence electrons. The Morgan fingerprint density at radius 1 is 1.10 bits per heavy atom. The van der Waals surface area contributed by atoms with Crippen LogP contribution in [-0.4, -0.2) is 49.3 Å². The number of unbranched alkanes of at least 4 members (excludes halogenated alkanes) is 1. The summed E-state index contributed by atoms with van der Waals surface area (Å²) in [5, 5.41) is 4.01. The second-order valence-electron chi connectivity index (χ2n) is 10.8. The molecule has 12 heteroatoms. The van der Waals surface area contributed by atoms with Crippen molar-refractivity contribution in [1.29, 1.82) is 0 Å². The fraction of sp³-hybridized carbons (Fsp3) is 0.536. The zero-order valence-electron chi connectivity index (χ0n) is 22.0. The first kappa shape index (κ1) is 27.2. The van der Waals surface area contributed by atoms with Gasteiger partial charge in [0, 0.05) is 55.4 Å². The second kappa shape index (κ2) is 10.5. The van der Waals surface area contributed by atoms with E-state index in [9.17, 15) is 17.6 Å². The Bertz CT molecular complexity index is 1410. The van der Waals surface area contributed by atoms with Gasteiger partial charge in [-0.2, -0.15) is 0 Å². The van der Waals surface area contributed by atoms with Crippen LogP contribution in [-0.2, 0) is 16.1 Å². The molecule has 2 atom stereocenters. The second-order valence-corrected chi connectivity index (χ2v) is 10.8. The molecule has 3 fully saturated rings. The van der Waals surface area contributed by atoms with Crippen LogP contribution in [0.3, 0.4) is 0 Å². The van der Waals surface area contributed by atoms with E-state index in [1.807, 2.05) is 4.57 Å². The number of benzene rings is 1. The zero-order chi connectivity index (χ0) is 28.2. The van der Waals surface area contributed by atoms with Crippen LogP contribution in [0.15, 0.2) is 18.3 Å². The predicted molar refractivity (Wildman–Crippen MR) is 138 cm³/mol. The number of nitrogen functional groups attached to an aromatic ring is 1. The number of halogens is 5. The molecule has 1 aliphatic heterocycles. The lowest BCUT2D eigenvalue weighted by Gasteiger charge is -2.16. The van der Waals surface area contributed by atoms with Crippen LogP contribution < -0.4 is 15.8 Å². The Morgan fingerprint density at radius 2 is 1.82 bits per heavy atom. The van der Waals surface area contributed by atoms with Crippen molar-refractivity contribution in [2.75, 3.05) is 39.1 Å². The molecule has 2 unspecified atom stereocenters. The van der Waals surface area contributed by atoms with Crippen LogP contribution in [0.25, 0.3) is 22.2 Å². The van der Waals surface area contributed by atoms with Crippen LogP contribution in [0.4, 0.5) is 27.6 Å². The summed E-state index contributed by atoms with van der Waals surface area (Å²) in [5.41, 5.74) is 6.75. The van der Waals surface area contributed by atoms with Crippen LogP contribution in [0.2, 0.25) is 0 Å². The summed E-state index contributed by atoms with van der Waals surface area (Å²) in [6.07, 6.45) is -0.350. The Balaban J connectivity index is 1.47. The van der Waals surface area contributed by atoms with Gasteiger partial charge in [-0.25, -0.2) is 8.78 Å². The average molecular weight is 567 g/mol. The number of ether oxygens (including phenoxy) is 3. The molecule has 2 aromatic heterocycles. The normalized spacial score (nSPS) is 22.2. The van der Waals surface area contributed by atoms with Crippen molar-refractivity contribution in [3.63, 3.8) is 0 Å². The van der Waals surface area contributed by atoms with Gasteiger partial charge in [0.05, 0.1) is 17.7 Å². The van der Waals surface area contributed by atoms with Gasteiger partial charge in [0.2, 0.25) is 0 Å². The molecular weight excluding hydrogens is 535 g/mol. The monoisotopic (exact) mass is 566 g/mol.